The van der Waals surface area contributed by atoms with E-state index in [-0.39, 0.29) is 19.4 Å². The van der Waals surface area contributed by atoms with E-state index in [4.69, 9.17) is 24.8 Å². The number of esters is 2. The van der Waals surface area contributed by atoms with Gasteiger partial charge in [-0.15, -0.1) is 0 Å². The molecule has 308 valence electrons. The van der Waals surface area contributed by atoms with Gasteiger partial charge in [-0.25, -0.2) is 4.57 Å². The van der Waals surface area contributed by atoms with Gasteiger partial charge >= 0.3 is 25.7 Å². The van der Waals surface area contributed by atoms with Crippen LogP contribution in [0.5, 0.6) is 0 Å². The summed E-state index contributed by atoms with van der Waals surface area (Å²) in [7, 11) is -4.71. The number of phosphoric acid groups is 1. The number of unbranched alkanes of at least 4 members (excludes halogenated alkanes) is 18. The second-order valence-corrected chi connectivity index (χ2v) is 15.2. The highest BCUT2D eigenvalue weighted by atomic mass is 31.2. The van der Waals surface area contributed by atoms with Crippen LogP contribution in [0, 0.1) is 0 Å². The van der Waals surface area contributed by atoms with Crippen LogP contribution in [0.2, 0.25) is 0 Å². The molecule has 0 radical (unpaired) electrons. The summed E-state index contributed by atoms with van der Waals surface area (Å²) in [5.41, 5.74) is 5.32. The zero-order chi connectivity index (χ0) is 39.3. The van der Waals surface area contributed by atoms with Crippen molar-refractivity contribution in [2.24, 2.45) is 5.73 Å². The van der Waals surface area contributed by atoms with Gasteiger partial charge in [-0.3, -0.25) is 23.4 Å². The van der Waals surface area contributed by atoms with Crippen LogP contribution in [0.3, 0.4) is 0 Å². The topological polar surface area (TPSA) is 172 Å². The number of carbonyl (C=O) groups excluding carboxylic acids is 2. The number of carboxylic acids is 1. The van der Waals surface area contributed by atoms with Gasteiger partial charge in [-0.1, -0.05) is 153 Å². The summed E-state index contributed by atoms with van der Waals surface area (Å²) in [5, 5.41) is 8.87. The molecule has 4 N–H and O–H groups in total. The second-order valence-electron chi connectivity index (χ2n) is 13.7. The summed E-state index contributed by atoms with van der Waals surface area (Å²) in [5.74, 6) is -2.40. The van der Waals surface area contributed by atoms with E-state index in [1.807, 2.05) is 0 Å². The van der Waals surface area contributed by atoms with Crippen molar-refractivity contribution in [1.29, 1.82) is 0 Å². The van der Waals surface area contributed by atoms with Gasteiger partial charge < -0.3 is 25.2 Å². The lowest BCUT2D eigenvalue weighted by atomic mass is 10.0. The Bertz CT molecular complexity index is 1050. The van der Waals surface area contributed by atoms with Crippen LogP contribution in [-0.2, 0) is 37.5 Å². The van der Waals surface area contributed by atoms with Crippen molar-refractivity contribution in [2.45, 2.75) is 187 Å². The van der Waals surface area contributed by atoms with Crippen molar-refractivity contribution >= 4 is 25.7 Å². The predicted molar refractivity (Wildman–Crippen MR) is 212 cm³/mol. The Labute approximate surface area is 321 Å². The first-order valence-corrected chi connectivity index (χ1v) is 22.0. The molecule has 0 aliphatic carbocycles. The monoisotopic (exact) mass is 772 g/mol. The maximum absolute atomic E-state index is 12.6. The molecule has 0 rings (SSSR count). The fourth-order valence-electron chi connectivity index (χ4n) is 5.43. The van der Waals surface area contributed by atoms with Crippen LogP contribution in [0.25, 0.3) is 0 Å². The maximum Gasteiger partial charge on any atom is 0.472 e. The summed E-state index contributed by atoms with van der Waals surface area (Å²) in [6, 6.07) is -1.52. The Kier molecular flexibility index (Phi) is 35.1. The smallest absolute Gasteiger partial charge is 0.472 e. The summed E-state index contributed by atoms with van der Waals surface area (Å²) in [6.07, 6.45) is 37.8. The van der Waals surface area contributed by atoms with Crippen molar-refractivity contribution in [1.82, 2.24) is 0 Å². The summed E-state index contributed by atoms with van der Waals surface area (Å²) >= 11 is 0. The molecule has 0 aromatic carbocycles. The highest BCUT2D eigenvalue weighted by molar-refractivity contribution is 7.47. The zero-order valence-corrected chi connectivity index (χ0v) is 34.0. The Morgan fingerprint density at radius 3 is 1.58 bits per heavy atom. The van der Waals surface area contributed by atoms with E-state index in [0.29, 0.717) is 12.8 Å². The molecule has 0 bridgehead atoms. The molecule has 11 nitrogen and oxygen atoms in total. The lowest BCUT2D eigenvalue weighted by Crippen LogP contribution is -2.34. The van der Waals surface area contributed by atoms with Crippen molar-refractivity contribution in [3.8, 4) is 0 Å². The summed E-state index contributed by atoms with van der Waals surface area (Å²) in [6.45, 7) is 2.67. The van der Waals surface area contributed by atoms with E-state index in [0.717, 1.165) is 70.6 Å². The number of phosphoric ester groups is 1. The fraction of sp³-hybridized carbons (Fsp3) is 0.780. The molecule has 3 atom stereocenters. The van der Waals surface area contributed by atoms with Gasteiger partial charge in [-0.2, -0.15) is 0 Å². The van der Waals surface area contributed by atoms with Crippen LogP contribution >= 0.6 is 7.82 Å². The maximum atomic E-state index is 12.6. The van der Waals surface area contributed by atoms with Gasteiger partial charge in [-0.05, 0) is 44.9 Å². The zero-order valence-electron chi connectivity index (χ0n) is 33.1. The number of allylic oxidation sites excluding steroid dienone is 6. The molecule has 0 aromatic heterocycles. The number of hydrogen-bond acceptors (Lipinski definition) is 9. The van der Waals surface area contributed by atoms with Crippen molar-refractivity contribution in [3.05, 3.63) is 36.5 Å². The van der Waals surface area contributed by atoms with Gasteiger partial charge in [0, 0.05) is 12.8 Å². The SMILES string of the molecule is CC/C=C\C/C=C\C/C=C\CCCCCCCC(=O)OC[C@H](COP(=O)(O)OC[C@H](N)C(=O)O)OC(=O)CCCCCCCCCCCCCCCC. The predicted octanol–water partition coefficient (Wildman–Crippen LogP) is 10.4. The quantitative estimate of drug-likeness (QED) is 0.0236. The third-order valence-electron chi connectivity index (χ3n) is 8.65. The Balaban J connectivity index is 4.41. The van der Waals surface area contributed by atoms with Gasteiger partial charge in [0.1, 0.15) is 12.6 Å². The van der Waals surface area contributed by atoms with Crippen molar-refractivity contribution in [3.63, 3.8) is 0 Å². The number of nitrogens with two attached hydrogens (primary N) is 1. The minimum absolute atomic E-state index is 0.160. The number of aliphatic carboxylic acids is 1. The van der Waals surface area contributed by atoms with Crippen molar-refractivity contribution in [2.75, 3.05) is 19.8 Å². The first kappa shape index (κ1) is 50.7. The van der Waals surface area contributed by atoms with Crippen LogP contribution in [0.1, 0.15) is 174 Å². The Morgan fingerprint density at radius 1 is 0.604 bits per heavy atom. The average Bonchev–Trinajstić information content (AvgIpc) is 3.13. The van der Waals surface area contributed by atoms with Crippen LogP contribution in [0.4, 0.5) is 0 Å². The van der Waals surface area contributed by atoms with E-state index in [9.17, 15) is 23.8 Å². The summed E-state index contributed by atoms with van der Waals surface area (Å²) < 4.78 is 32.6. The third-order valence-corrected chi connectivity index (χ3v) is 9.60. The highest BCUT2D eigenvalue weighted by Crippen LogP contribution is 2.43. The Morgan fingerprint density at radius 2 is 1.06 bits per heavy atom. The lowest BCUT2D eigenvalue weighted by Gasteiger charge is -2.20. The number of carboxylic acid groups (broad SMARTS) is 1. The second kappa shape index (κ2) is 36.7. The van der Waals surface area contributed by atoms with Crippen LogP contribution in [-0.4, -0.2) is 59.9 Å². The number of ether oxygens (including phenoxy) is 2. The number of rotatable bonds is 38. The molecule has 0 spiro atoms. The average molecular weight is 772 g/mol. The first-order chi connectivity index (χ1) is 25.6. The third kappa shape index (κ3) is 36.4. The minimum Gasteiger partial charge on any atom is -0.480 e. The standard InChI is InChI=1S/C41H74NO10P/c1-3-5-7-9-11-13-15-17-19-21-22-24-26-28-30-32-39(43)49-34-37(35-50-53(47,48)51-36-38(42)41(45)46)52-40(44)33-31-29-27-25-23-20-18-16-14-12-10-8-6-4-2/h5,7,11,13,17,19,37-38H,3-4,6,8-10,12,14-16,18,20-36,42H2,1-2H3,(H,45,46)(H,47,48)/b7-5-,13-11-,19-17-/t37-,38+/m1/s1. The molecule has 0 aliphatic heterocycles. The van der Waals surface area contributed by atoms with E-state index in [1.165, 1.54) is 64.2 Å². The lowest BCUT2D eigenvalue weighted by molar-refractivity contribution is -0.161. The molecule has 0 fully saturated rings. The molecule has 0 saturated carbocycles. The van der Waals surface area contributed by atoms with E-state index >= 15 is 0 Å². The highest BCUT2D eigenvalue weighted by Gasteiger charge is 2.28. The van der Waals surface area contributed by atoms with Crippen LogP contribution in [0.15, 0.2) is 36.5 Å². The van der Waals surface area contributed by atoms with Gasteiger partial charge in [0.15, 0.2) is 6.10 Å². The molecule has 12 heteroatoms. The largest absolute Gasteiger partial charge is 0.480 e. The number of carbonyl (C=O) groups is 3. The van der Waals surface area contributed by atoms with Gasteiger partial charge in [0.25, 0.3) is 0 Å². The van der Waals surface area contributed by atoms with Crippen molar-refractivity contribution < 1.29 is 47.5 Å². The fourth-order valence-corrected chi connectivity index (χ4v) is 6.21. The van der Waals surface area contributed by atoms with E-state index < -0.39 is 51.1 Å². The summed E-state index contributed by atoms with van der Waals surface area (Å²) in [4.78, 5) is 45.8. The number of hydrogen-bond donors (Lipinski definition) is 3. The molecule has 0 amide bonds. The normalized spacial score (nSPS) is 14.2. The first-order valence-electron chi connectivity index (χ1n) is 20.5. The Hall–Kier alpha value is -2.30. The molecule has 0 aromatic rings. The minimum atomic E-state index is -4.71. The van der Waals surface area contributed by atoms with Gasteiger partial charge in [0.2, 0.25) is 0 Å². The van der Waals surface area contributed by atoms with Gasteiger partial charge in [0.05, 0.1) is 13.2 Å². The van der Waals surface area contributed by atoms with E-state index in [2.05, 4.69) is 54.8 Å². The molecular formula is C41H74NO10P. The van der Waals surface area contributed by atoms with E-state index in [1.54, 1.807) is 0 Å². The molecule has 53 heavy (non-hydrogen) atoms. The molecule has 0 heterocycles. The molecular weight excluding hydrogens is 697 g/mol. The molecule has 0 aliphatic rings. The molecule has 0 saturated heterocycles. The van der Waals surface area contributed by atoms with Crippen LogP contribution < -0.4 is 5.73 Å². The molecule has 1 unspecified atom stereocenters.